The first-order valence-electron chi connectivity index (χ1n) is 3.92. The molecule has 0 unspecified atom stereocenters. The number of nitrogens with zero attached hydrogens (tertiary/aromatic N) is 1. The summed E-state index contributed by atoms with van der Waals surface area (Å²) in [4.78, 5) is 12.8. The van der Waals surface area contributed by atoms with E-state index in [2.05, 4.69) is 0 Å². The maximum atomic E-state index is 11.0. The molecule has 0 radical (unpaired) electrons. The van der Waals surface area contributed by atoms with Crippen LogP contribution in [0.25, 0.3) is 0 Å². The predicted molar refractivity (Wildman–Crippen MR) is 47.9 cm³/mol. The van der Waals surface area contributed by atoms with Gasteiger partial charge in [-0.2, -0.15) is 0 Å². The summed E-state index contributed by atoms with van der Waals surface area (Å²) < 4.78 is 0. The molecule has 0 aliphatic rings. The summed E-state index contributed by atoms with van der Waals surface area (Å²) in [5, 5.41) is 0. The number of hydrogen-bond acceptors (Lipinski definition) is 1. The monoisotopic (exact) mass is 177 g/mol. The number of alkyl halides is 1. The molecule has 3 heteroatoms. The third kappa shape index (κ3) is 4.25. The average molecular weight is 178 g/mol. The number of carbonyl (C=O) groups excluding carboxylic acids is 1. The van der Waals surface area contributed by atoms with E-state index in [1.807, 2.05) is 18.7 Å². The van der Waals surface area contributed by atoms with Crippen molar-refractivity contribution in [2.45, 2.75) is 33.2 Å². The largest absolute Gasteiger partial charge is 0.340 e. The SMILES string of the molecule is CC(=O)N(CCCCl)C(C)C. The summed E-state index contributed by atoms with van der Waals surface area (Å²) in [6.45, 7) is 6.38. The van der Waals surface area contributed by atoms with Crippen LogP contribution in [0.5, 0.6) is 0 Å². The summed E-state index contributed by atoms with van der Waals surface area (Å²) in [5.41, 5.74) is 0. The molecule has 0 heterocycles. The quantitative estimate of drug-likeness (QED) is 0.601. The van der Waals surface area contributed by atoms with Gasteiger partial charge in [0.15, 0.2) is 0 Å². The summed E-state index contributed by atoms with van der Waals surface area (Å²) >= 11 is 5.52. The number of carbonyl (C=O) groups is 1. The van der Waals surface area contributed by atoms with Gasteiger partial charge in [0.2, 0.25) is 5.91 Å². The molecule has 0 aliphatic carbocycles. The highest BCUT2D eigenvalue weighted by molar-refractivity contribution is 6.17. The van der Waals surface area contributed by atoms with Crippen molar-refractivity contribution in [2.24, 2.45) is 0 Å². The topological polar surface area (TPSA) is 20.3 Å². The van der Waals surface area contributed by atoms with Gasteiger partial charge >= 0.3 is 0 Å². The summed E-state index contributed by atoms with van der Waals surface area (Å²) in [6, 6.07) is 0.288. The van der Waals surface area contributed by atoms with Crippen LogP contribution in [-0.4, -0.2) is 29.3 Å². The van der Waals surface area contributed by atoms with Gasteiger partial charge in [0.05, 0.1) is 0 Å². The van der Waals surface area contributed by atoms with Gasteiger partial charge in [-0.05, 0) is 20.3 Å². The van der Waals surface area contributed by atoms with E-state index >= 15 is 0 Å². The van der Waals surface area contributed by atoms with Crippen LogP contribution in [-0.2, 0) is 4.79 Å². The zero-order chi connectivity index (χ0) is 8.85. The van der Waals surface area contributed by atoms with Gasteiger partial charge in [0, 0.05) is 25.4 Å². The molecule has 0 bridgehead atoms. The zero-order valence-electron chi connectivity index (χ0n) is 7.43. The summed E-state index contributed by atoms with van der Waals surface area (Å²) in [6.07, 6.45) is 0.874. The molecule has 0 N–H and O–H groups in total. The molecule has 66 valence electrons. The lowest BCUT2D eigenvalue weighted by Gasteiger charge is -2.24. The van der Waals surface area contributed by atoms with Gasteiger partial charge in [-0.15, -0.1) is 11.6 Å². The Morgan fingerprint density at radius 2 is 2.09 bits per heavy atom. The standard InChI is InChI=1S/C8H16ClNO/c1-7(2)10(8(3)11)6-4-5-9/h7H,4-6H2,1-3H3. The molecule has 0 saturated heterocycles. The smallest absolute Gasteiger partial charge is 0.219 e. The molecule has 0 atom stereocenters. The minimum atomic E-state index is 0.130. The molecule has 1 amide bonds. The van der Waals surface area contributed by atoms with Crippen molar-refractivity contribution in [1.29, 1.82) is 0 Å². The lowest BCUT2D eigenvalue weighted by Crippen LogP contribution is -2.36. The average Bonchev–Trinajstić information content (AvgIpc) is 1.87. The number of rotatable bonds is 4. The van der Waals surface area contributed by atoms with E-state index in [-0.39, 0.29) is 11.9 Å². The molecule has 0 fully saturated rings. The van der Waals surface area contributed by atoms with Crippen LogP contribution in [0.3, 0.4) is 0 Å². The van der Waals surface area contributed by atoms with E-state index in [1.54, 1.807) is 6.92 Å². The molecule has 11 heavy (non-hydrogen) atoms. The predicted octanol–water partition coefficient (Wildman–Crippen LogP) is 1.87. The van der Waals surface area contributed by atoms with Crippen molar-refractivity contribution in [3.8, 4) is 0 Å². The molecular weight excluding hydrogens is 162 g/mol. The van der Waals surface area contributed by atoms with Crippen molar-refractivity contribution in [3.63, 3.8) is 0 Å². The number of amides is 1. The Balaban J connectivity index is 3.80. The third-order valence-electron chi connectivity index (χ3n) is 1.56. The molecule has 0 rings (SSSR count). The summed E-state index contributed by atoms with van der Waals surface area (Å²) in [5.74, 6) is 0.751. The molecular formula is C8H16ClNO. The molecule has 0 aromatic heterocycles. The normalized spacial score (nSPS) is 10.3. The maximum Gasteiger partial charge on any atom is 0.219 e. The second-order valence-electron chi connectivity index (χ2n) is 2.85. The van der Waals surface area contributed by atoms with Gasteiger partial charge in [0.1, 0.15) is 0 Å². The molecule has 0 saturated carbocycles. The molecule has 2 nitrogen and oxygen atoms in total. The highest BCUT2D eigenvalue weighted by Crippen LogP contribution is 2.00. The molecule has 0 aliphatic heterocycles. The zero-order valence-corrected chi connectivity index (χ0v) is 8.19. The Kier molecular flexibility index (Phi) is 5.30. The van der Waals surface area contributed by atoms with Crippen LogP contribution < -0.4 is 0 Å². The van der Waals surface area contributed by atoms with E-state index in [0.29, 0.717) is 5.88 Å². The Labute approximate surface area is 73.5 Å². The Morgan fingerprint density at radius 3 is 2.36 bits per heavy atom. The highest BCUT2D eigenvalue weighted by atomic mass is 35.5. The van der Waals surface area contributed by atoms with E-state index in [0.717, 1.165) is 13.0 Å². The summed E-state index contributed by atoms with van der Waals surface area (Å²) in [7, 11) is 0. The van der Waals surface area contributed by atoms with Crippen molar-refractivity contribution in [1.82, 2.24) is 4.90 Å². The van der Waals surface area contributed by atoms with Gasteiger partial charge in [-0.25, -0.2) is 0 Å². The lowest BCUT2D eigenvalue weighted by atomic mass is 10.3. The van der Waals surface area contributed by atoms with Crippen molar-refractivity contribution < 1.29 is 4.79 Å². The maximum absolute atomic E-state index is 11.0. The lowest BCUT2D eigenvalue weighted by molar-refractivity contribution is -0.130. The van der Waals surface area contributed by atoms with E-state index in [1.165, 1.54) is 0 Å². The second-order valence-corrected chi connectivity index (χ2v) is 3.23. The fourth-order valence-electron chi connectivity index (χ4n) is 1.01. The molecule has 0 aromatic carbocycles. The second kappa shape index (κ2) is 5.42. The Morgan fingerprint density at radius 1 is 1.55 bits per heavy atom. The van der Waals surface area contributed by atoms with Gasteiger partial charge < -0.3 is 4.90 Å². The third-order valence-corrected chi connectivity index (χ3v) is 1.83. The minimum Gasteiger partial charge on any atom is -0.340 e. The first-order valence-corrected chi connectivity index (χ1v) is 4.46. The van der Waals surface area contributed by atoms with E-state index < -0.39 is 0 Å². The van der Waals surface area contributed by atoms with Crippen LogP contribution in [0.2, 0.25) is 0 Å². The first kappa shape index (κ1) is 10.8. The minimum absolute atomic E-state index is 0.130. The van der Waals surface area contributed by atoms with Crippen LogP contribution in [0.4, 0.5) is 0 Å². The van der Waals surface area contributed by atoms with Crippen molar-refractivity contribution in [3.05, 3.63) is 0 Å². The molecule has 0 aromatic rings. The highest BCUT2D eigenvalue weighted by Gasteiger charge is 2.10. The van der Waals surface area contributed by atoms with E-state index in [9.17, 15) is 4.79 Å². The van der Waals surface area contributed by atoms with Crippen molar-refractivity contribution >= 4 is 17.5 Å². The van der Waals surface area contributed by atoms with E-state index in [4.69, 9.17) is 11.6 Å². The van der Waals surface area contributed by atoms with Crippen LogP contribution in [0.1, 0.15) is 27.2 Å². The van der Waals surface area contributed by atoms with Gasteiger partial charge in [-0.3, -0.25) is 4.79 Å². The van der Waals surface area contributed by atoms with Crippen LogP contribution in [0.15, 0.2) is 0 Å². The molecule has 0 spiro atoms. The fraction of sp³-hybridized carbons (Fsp3) is 0.875. The van der Waals surface area contributed by atoms with Crippen molar-refractivity contribution in [2.75, 3.05) is 12.4 Å². The Bertz CT molecular complexity index is 125. The Hall–Kier alpha value is -0.240. The van der Waals surface area contributed by atoms with Crippen LogP contribution >= 0.6 is 11.6 Å². The first-order chi connectivity index (χ1) is 5.09. The number of hydrogen-bond donors (Lipinski definition) is 0. The number of halogens is 1. The fourth-order valence-corrected chi connectivity index (χ4v) is 1.13. The van der Waals surface area contributed by atoms with Gasteiger partial charge in [-0.1, -0.05) is 0 Å². The van der Waals surface area contributed by atoms with Gasteiger partial charge in [0.25, 0.3) is 0 Å². The van der Waals surface area contributed by atoms with Crippen LogP contribution in [0, 0.1) is 0 Å².